The van der Waals surface area contributed by atoms with Crippen LogP contribution in [0.3, 0.4) is 0 Å². The van der Waals surface area contributed by atoms with Crippen molar-refractivity contribution in [2.24, 2.45) is 0 Å². The Labute approximate surface area is 161 Å². The monoisotopic (exact) mass is 371 g/mol. The number of halogens is 1. The molecule has 4 nitrogen and oxygen atoms in total. The van der Waals surface area contributed by atoms with Crippen LogP contribution in [0.4, 0.5) is 4.39 Å². The minimum absolute atomic E-state index is 0.290. The van der Waals surface area contributed by atoms with Crippen LogP contribution >= 0.6 is 0 Å². The maximum atomic E-state index is 14.8. The molecule has 138 valence electrons. The summed E-state index contributed by atoms with van der Waals surface area (Å²) in [6, 6.07) is 18.8. The van der Waals surface area contributed by atoms with E-state index in [9.17, 15) is 9.50 Å². The average Bonchev–Trinajstić information content (AvgIpc) is 3.05. The summed E-state index contributed by atoms with van der Waals surface area (Å²) in [6.07, 6.45) is 2.72. The van der Waals surface area contributed by atoms with Gasteiger partial charge in [0.2, 0.25) is 0 Å². The molecule has 1 atom stereocenters. The number of aliphatic hydroxyl groups is 1. The maximum absolute atomic E-state index is 14.8. The van der Waals surface area contributed by atoms with Crippen LogP contribution in [0.15, 0.2) is 73.1 Å². The molecule has 0 radical (unpaired) electrons. The third kappa shape index (κ3) is 2.95. The van der Waals surface area contributed by atoms with Gasteiger partial charge in [-0.05, 0) is 29.8 Å². The van der Waals surface area contributed by atoms with Crippen LogP contribution in [0.5, 0.6) is 0 Å². The largest absolute Gasteiger partial charge is 0.374 e. The van der Waals surface area contributed by atoms with Crippen LogP contribution in [0, 0.1) is 5.82 Å². The number of para-hydroxylation sites is 1. The molecular formula is C23H18FN3O. The second kappa shape index (κ2) is 6.78. The van der Waals surface area contributed by atoms with E-state index in [0.717, 1.165) is 33.3 Å². The van der Waals surface area contributed by atoms with Crippen LogP contribution in [0.1, 0.15) is 23.0 Å². The van der Waals surface area contributed by atoms with Crippen LogP contribution < -0.4 is 0 Å². The summed E-state index contributed by atoms with van der Waals surface area (Å²) in [5, 5.41) is 11.5. The fraction of sp³-hybridized carbons (Fsp3) is 0.130. The van der Waals surface area contributed by atoms with E-state index in [2.05, 4.69) is 9.97 Å². The molecule has 3 heterocycles. The second-order valence-electron chi connectivity index (χ2n) is 7.04. The van der Waals surface area contributed by atoms with Gasteiger partial charge in [0.25, 0.3) is 0 Å². The third-order valence-corrected chi connectivity index (χ3v) is 5.25. The molecule has 28 heavy (non-hydrogen) atoms. The highest BCUT2D eigenvalue weighted by Crippen LogP contribution is 2.32. The van der Waals surface area contributed by atoms with Crippen molar-refractivity contribution in [1.82, 2.24) is 14.9 Å². The van der Waals surface area contributed by atoms with Gasteiger partial charge in [-0.3, -0.25) is 14.9 Å². The first kappa shape index (κ1) is 17.0. The number of hydrogen-bond donors (Lipinski definition) is 1. The molecule has 0 spiro atoms. The van der Waals surface area contributed by atoms with E-state index in [4.69, 9.17) is 0 Å². The zero-order valence-corrected chi connectivity index (χ0v) is 15.1. The predicted octanol–water partition coefficient (Wildman–Crippen LogP) is 4.44. The van der Waals surface area contributed by atoms with Crippen molar-refractivity contribution in [2.75, 3.05) is 0 Å². The van der Waals surface area contributed by atoms with Gasteiger partial charge in [-0.15, -0.1) is 0 Å². The minimum atomic E-state index is -0.757. The summed E-state index contributed by atoms with van der Waals surface area (Å²) < 4.78 is 14.8. The zero-order valence-electron chi connectivity index (χ0n) is 15.1. The highest BCUT2D eigenvalue weighted by molar-refractivity contribution is 5.83. The van der Waals surface area contributed by atoms with Gasteiger partial charge in [-0.2, -0.15) is 0 Å². The summed E-state index contributed by atoms with van der Waals surface area (Å²) in [5.41, 5.74) is 4.76. The highest BCUT2D eigenvalue weighted by atomic mass is 19.1. The molecule has 1 aliphatic rings. The Morgan fingerprint density at radius 1 is 1.00 bits per heavy atom. The van der Waals surface area contributed by atoms with Crippen molar-refractivity contribution in [3.05, 3.63) is 95.7 Å². The first-order valence-electron chi connectivity index (χ1n) is 9.18. The SMILES string of the molecule is OC1c2cccnc2CN1Cc1ccc(-c2cnc3ccccc3c2)cc1F. The van der Waals surface area contributed by atoms with E-state index < -0.39 is 6.23 Å². The molecule has 0 bridgehead atoms. The Hall–Kier alpha value is -3.15. The van der Waals surface area contributed by atoms with E-state index in [1.54, 1.807) is 24.5 Å². The number of fused-ring (bicyclic) bond motifs is 2. The van der Waals surface area contributed by atoms with E-state index in [1.165, 1.54) is 6.07 Å². The molecular weight excluding hydrogens is 353 g/mol. The smallest absolute Gasteiger partial charge is 0.136 e. The van der Waals surface area contributed by atoms with Gasteiger partial charge in [0.05, 0.1) is 11.2 Å². The topological polar surface area (TPSA) is 49.3 Å². The maximum Gasteiger partial charge on any atom is 0.136 e. The van der Waals surface area contributed by atoms with Gasteiger partial charge in [-0.25, -0.2) is 4.39 Å². The molecule has 1 N–H and O–H groups in total. The number of nitrogens with zero attached hydrogens (tertiary/aromatic N) is 3. The van der Waals surface area contributed by atoms with E-state index >= 15 is 0 Å². The molecule has 0 saturated carbocycles. The van der Waals surface area contributed by atoms with Crippen molar-refractivity contribution in [2.45, 2.75) is 19.3 Å². The standard InChI is InChI=1S/C23H18FN3O/c24-20-11-15(18-10-16-4-1-2-6-21(16)26-12-18)7-8-17(20)13-27-14-22-19(23(27)28)5-3-9-25-22/h1-12,23,28H,13-14H2. The van der Waals surface area contributed by atoms with Crippen molar-refractivity contribution in [3.8, 4) is 11.1 Å². The lowest BCUT2D eigenvalue weighted by molar-refractivity contribution is 0.00695. The van der Waals surface area contributed by atoms with Crippen molar-refractivity contribution in [1.29, 1.82) is 0 Å². The highest BCUT2D eigenvalue weighted by Gasteiger charge is 2.29. The van der Waals surface area contributed by atoms with Gasteiger partial charge in [-0.1, -0.05) is 36.4 Å². The number of hydrogen-bond acceptors (Lipinski definition) is 4. The predicted molar refractivity (Wildman–Crippen MR) is 106 cm³/mol. The Kier molecular flexibility index (Phi) is 4.11. The van der Waals surface area contributed by atoms with Crippen molar-refractivity contribution in [3.63, 3.8) is 0 Å². The summed E-state index contributed by atoms with van der Waals surface area (Å²) in [4.78, 5) is 10.6. The number of aromatic nitrogens is 2. The molecule has 2 aromatic carbocycles. The van der Waals surface area contributed by atoms with Crippen molar-refractivity contribution >= 4 is 10.9 Å². The van der Waals surface area contributed by atoms with Gasteiger partial charge < -0.3 is 5.11 Å². The first-order chi connectivity index (χ1) is 13.7. The second-order valence-corrected chi connectivity index (χ2v) is 7.04. The molecule has 5 rings (SSSR count). The fourth-order valence-electron chi connectivity index (χ4n) is 3.74. The number of rotatable bonds is 3. The number of pyridine rings is 2. The molecule has 0 saturated heterocycles. The van der Waals surface area contributed by atoms with Gasteiger partial charge >= 0.3 is 0 Å². The Morgan fingerprint density at radius 2 is 1.89 bits per heavy atom. The Morgan fingerprint density at radius 3 is 2.75 bits per heavy atom. The summed E-state index contributed by atoms with van der Waals surface area (Å²) in [5.74, 6) is -0.290. The van der Waals surface area contributed by atoms with Gasteiger partial charge in [0.15, 0.2) is 0 Å². The summed E-state index contributed by atoms with van der Waals surface area (Å²) in [6.45, 7) is 0.826. The Bertz CT molecular complexity index is 1180. The van der Waals surface area contributed by atoms with E-state index in [1.807, 2.05) is 47.4 Å². The molecule has 0 fully saturated rings. The van der Waals surface area contributed by atoms with E-state index in [-0.39, 0.29) is 5.82 Å². The average molecular weight is 371 g/mol. The van der Waals surface area contributed by atoms with Gasteiger partial charge in [0.1, 0.15) is 12.0 Å². The molecule has 0 amide bonds. The van der Waals surface area contributed by atoms with Gasteiger partial charge in [0, 0.05) is 47.6 Å². The lowest BCUT2D eigenvalue weighted by Gasteiger charge is -2.20. The summed E-state index contributed by atoms with van der Waals surface area (Å²) in [7, 11) is 0. The van der Waals surface area contributed by atoms with Crippen LogP contribution in [0.2, 0.25) is 0 Å². The molecule has 0 aliphatic carbocycles. The van der Waals surface area contributed by atoms with Crippen LogP contribution in [0.25, 0.3) is 22.0 Å². The first-order valence-corrected chi connectivity index (χ1v) is 9.18. The fourth-order valence-corrected chi connectivity index (χ4v) is 3.74. The number of benzene rings is 2. The third-order valence-electron chi connectivity index (χ3n) is 5.25. The molecule has 1 aliphatic heterocycles. The summed E-state index contributed by atoms with van der Waals surface area (Å²) >= 11 is 0. The lowest BCUT2D eigenvalue weighted by Crippen LogP contribution is -2.22. The normalized spacial score (nSPS) is 16.4. The molecule has 5 heteroatoms. The van der Waals surface area contributed by atoms with E-state index in [0.29, 0.717) is 18.7 Å². The van der Waals surface area contributed by atoms with Crippen LogP contribution in [-0.2, 0) is 13.1 Å². The zero-order chi connectivity index (χ0) is 19.1. The molecule has 4 aromatic rings. The molecule has 2 aromatic heterocycles. The minimum Gasteiger partial charge on any atom is -0.374 e. The Balaban J connectivity index is 1.41. The lowest BCUT2D eigenvalue weighted by atomic mass is 10.0. The molecule has 1 unspecified atom stereocenters. The van der Waals surface area contributed by atoms with Crippen molar-refractivity contribution < 1.29 is 9.50 Å². The number of aliphatic hydroxyl groups excluding tert-OH is 1. The quantitative estimate of drug-likeness (QED) is 0.578. The van der Waals surface area contributed by atoms with Crippen LogP contribution in [-0.4, -0.2) is 20.0 Å².